The van der Waals surface area contributed by atoms with E-state index in [9.17, 15) is 0 Å². The summed E-state index contributed by atoms with van der Waals surface area (Å²) in [6, 6.07) is 0. The minimum atomic E-state index is 0.382. The molecule has 0 aromatic rings. The standard InChI is InChI=1S/C7H12N2O/c1-5-10-7(3)9-6(2)8-4/h3-5H2,1-2H3. The fraction of sp³-hybridized carbons (Fsp3) is 0.429. The average molecular weight is 140 g/mol. The lowest BCUT2D eigenvalue weighted by molar-refractivity contribution is 0.229. The van der Waals surface area contributed by atoms with Crippen LogP contribution in [0, 0.1) is 0 Å². The van der Waals surface area contributed by atoms with Crippen molar-refractivity contribution >= 4 is 12.6 Å². The first-order chi connectivity index (χ1) is 4.70. The molecule has 0 saturated heterocycles. The van der Waals surface area contributed by atoms with Gasteiger partial charge in [-0.05, 0) is 27.1 Å². The zero-order valence-corrected chi connectivity index (χ0v) is 6.42. The summed E-state index contributed by atoms with van der Waals surface area (Å²) in [5.41, 5.74) is 0. The molecule has 0 amide bonds. The number of hydrogen-bond acceptors (Lipinski definition) is 2. The molecule has 0 aromatic carbocycles. The van der Waals surface area contributed by atoms with Gasteiger partial charge in [0.1, 0.15) is 5.84 Å². The summed E-state index contributed by atoms with van der Waals surface area (Å²) in [5.74, 6) is 0.950. The Bertz CT molecular complexity index is 161. The van der Waals surface area contributed by atoms with Crippen LogP contribution in [0.2, 0.25) is 0 Å². The van der Waals surface area contributed by atoms with Gasteiger partial charge in [-0.2, -0.15) is 4.99 Å². The molecule has 0 saturated carbocycles. The fourth-order valence-corrected chi connectivity index (χ4v) is 0.415. The van der Waals surface area contributed by atoms with Gasteiger partial charge in [-0.3, -0.25) is 0 Å². The second-order valence-electron chi connectivity index (χ2n) is 1.64. The third-order valence-corrected chi connectivity index (χ3v) is 0.826. The van der Waals surface area contributed by atoms with Crippen molar-refractivity contribution in [3.05, 3.63) is 12.5 Å². The van der Waals surface area contributed by atoms with Crippen LogP contribution >= 0.6 is 0 Å². The number of nitrogens with zero attached hydrogens (tertiary/aromatic N) is 2. The Morgan fingerprint density at radius 1 is 1.60 bits per heavy atom. The number of amidine groups is 1. The van der Waals surface area contributed by atoms with E-state index in [2.05, 4.69) is 23.3 Å². The van der Waals surface area contributed by atoms with Gasteiger partial charge in [0, 0.05) is 0 Å². The van der Waals surface area contributed by atoms with Gasteiger partial charge >= 0.3 is 0 Å². The third-order valence-electron chi connectivity index (χ3n) is 0.826. The van der Waals surface area contributed by atoms with Crippen LogP contribution in [-0.2, 0) is 4.74 Å². The zero-order valence-electron chi connectivity index (χ0n) is 6.42. The van der Waals surface area contributed by atoms with Gasteiger partial charge in [-0.15, -0.1) is 0 Å². The Morgan fingerprint density at radius 3 is 2.60 bits per heavy atom. The van der Waals surface area contributed by atoms with E-state index in [4.69, 9.17) is 4.74 Å². The summed E-state index contributed by atoms with van der Waals surface area (Å²) in [6.45, 7) is 11.0. The van der Waals surface area contributed by atoms with Gasteiger partial charge < -0.3 is 4.74 Å². The second-order valence-corrected chi connectivity index (χ2v) is 1.64. The summed E-state index contributed by atoms with van der Waals surface area (Å²) in [6.07, 6.45) is 0. The smallest absolute Gasteiger partial charge is 0.207 e. The zero-order chi connectivity index (χ0) is 7.98. The first-order valence-electron chi connectivity index (χ1n) is 3.04. The Labute approximate surface area is 61.1 Å². The largest absolute Gasteiger partial charge is 0.478 e. The Hall–Kier alpha value is -1.12. The summed E-state index contributed by atoms with van der Waals surface area (Å²) in [5, 5.41) is 0. The van der Waals surface area contributed by atoms with Crippen molar-refractivity contribution in [2.24, 2.45) is 9.98 Å². The number of ether oxygens (including phenoxy) is 1. The van der Waals surface area contributed by atoms with Crippen molar-refractivity contribution in [1.29, 1.82) is 0 Å². The molecule has 0 fully saturated rings. The van der Waals surface area contributed by atoms with E-state index >= 15 is 0 Å². The molecule has 0 unspecified atom stereocenters. The molecule has 10 heavy (non-hydrogen) atoms. The Morgan fingerprint density at radius 2 is 2.20 bits per heavy atom. The summed E-state index contributed by atoms with van der Waals surface area (Å²) >= 11 is 0. The average Bonchev–Trinajstić information content (AvgIpc) is 1.88. The van der Waals surface area contributed by atoms with Gasteiger partial charge in [-0.25, -0.2) is 4.99 Å². The van der Waals surface area contributed by atoms with Gasteiger partial charge in [-0.1, -0.05) is 0 Å². The lowest BCUT2D eigenvalue weighted by Gasteiger charge is -1.99. The van der Waals surface area contributed by atoms with Crippen LogP contribution in [0.1, 0.15) is 13.8 Å². The van der Waals surface area contributed by atoms with E-state index in [-0.39, 0.29) is 0 Å². The lowest BCUT2D eigenvalue weighted by atomic mass is 10.7. The normalized spacial score (nSPS) is 10.8. The minimum Gasteiger partial charge on any atom is -0.478 e. The van der Waals surface area contributed by atoms with E-state index < -0.39 is 0 Å². The molecule has 0 aliphatic heterocycles. The van der Waals surface area contributed by atoms with Gasteiger partial charge in [0.25, 0.3) is 0 Å². The SMILES string of the molecule is C=NC(C)=NC(=C)OCC. The summed E-state index contributed by atoms with van der Waals surface area (Å²) < 4.78 is 4.94. The molecule has 3 nitrogen and oxygen atoms in total. The fourth-order valence-electron chi connectivity index (χ4n) is 0.415. The molecule has 56 valence electrons. The highest BCUT2D eigenvalue weighted by Gasteiger charge is 1.88. The molecular formula is C7H12N2O. The van der Waals surface area contributed by atoms with Crippen LogP contribution in [0.15, 0.2) is 22.4 Å². The first kappa shape index (κ1) is 8.88. The van der Waals surface area contributed by atoms with Crippen LogP contribution in [0.5, 0.6) is 0 Å². The van der Waals surface area contributed by atoms with Gasteiger partial charge in [0.15, 0.2) is 0 Å². The van der Waals surface area contributed by atoms with E-state index in [0.29, 0.717) is 18.3 Å². The molecule has 0 rings (SSSR count). The molecule has 0 N–H and O–H groups in total. The van der Waals surface area contributed by atoms with Crippen molar-refractivity contribution in [3.8, 4) is 0 Å². The van der Waals surface area contributed by atoms with Crippen molar-refractivity contribution in [2.75, 3.05) is 6.61 Å². The number of aliphatic imine (C=N–C) groups is 2. The van der Waals surface area contributed by atoms with E-state index in [0.717, 1.165) is 0 Å². The molecule has 0 atom stereocenters. The van der Waals surface area contributed by atoms with E-state index in [1.807, 2.05) is 6.92 Å². The predicted octanol–water partition coefficient (Wildman–Crippen LogP) is 1.61. The number of hydrogen-bond donors (Lipinski definition) is 0. The van der Waals surface area contributed by atoms with Crippen LogP contribution in [-0.4, -0.2) is 19.2 Å². The van der Waals surface area contributed by atoms with Crippen LogP contribution < -0.4 is 0 Å². The van der Waals surface area contributed by atoms with Crippen molar-refractivity contribution < 1.29 is 4.74 Å². The second kappa shape index (κ2) is 4.73. The third kappa shape index (κ3) is 3.83. The van der Waals surface area contributed by atoms with Gasteiger partial charge in [0.2, 0.25) is 5.88 Å². The number of rotatable bonds is 3. The monoisotopic (exact) mass is 140 g/mol. The minimum absolute atomic E-state index is 0.382. The molecular weight excluding hydrogens is 128 g/mol. The van der Waals surface area contributed by atoms with Crippen molar-refractivity contribution in [3.63, 3.8) is 0 Å². The molecule has 0 aliphatic rings. The highest BCUT2D eigenvalue weighted by molar-refractivity contribution is 5.84. The van der Waals surface area contributed by atoms with Crippen LogP contribution in [0.25, 0.3) is 0 Å². The lowest BCUT2D eigenvalue weighted by Crippen LogP contribution is -1.90. The molecule has 3 heteroatoms. The molecule has 0 aliphatic carbocycles. The molecule has 0 radical (unpaired) electrons. The Kier molecular flexibility index (Phi) is 4.20. The Balaban J connectivity index is 3.86. The molecule has 0 heterocycles. The summed E-state index contributed by atoms with van der Waals surface area (Å²) in [4.78, 5) is 7.43. The van der Waals surface area contributed by atoms with Crippen LogP contribution in [0.4, 0.5) is 0 Å². The van der Waals surface area contributed by atoms with Crippen LogP contribution in [0.3, 0.4) is 0 Å². The maximum atomic E-state index is 4.94. The van der Waals surface area contributed by atoms with E-state index in [1.165, 1.54) is 0 Å². The summed E-state index contributed by atoms with van der Waals surface area (Å²) in [7, 11) is 0. The first-order valence-corrected chi connectivity index (χ1v) is 3.04. The predicted molar refractivity (Wildman–Crippen MR) is 43.4 cm³/mol. The maximum Gasteiger partial charge on any atom is 0.207 e. The highest BCUT2D eigenvalue weighted by Crippen LogP contribution is 1.95. The van der Waals surface area contributed by atoms with Crippen molar-refractivity contribution in [2.45, 2.75) is 13.8 Å². The quantitative estimate of drug-likeness (QED) is 0.333. The molecule has 0 spiro atoms. The van der Waals surface area contributed by atoms with Gasteiger partial charge in [0.05, 0.1) is 6.61 Å². The molecule has 0 bridgehead atoms. The molecule has 0 aromatic heterocycles. The maximum absolute atomic E-state index is 4.94. The van der Waals surface area contributed by atoms with Crippen molar-refractivity contribution in [1.82, 2.24) is 0 Å². The van der Waals surface area contributed by atoms with E-state index in [1.54, 1.807) is 6.92 Å². The highest BCUT2D eigenvalue weighted by atomic mass is 16.5. The topological polar surface area (TPSA) is 34.0 Å².